The summed E-state index contributed by atoms with van der Waals surface area (Å²) >= 11 is 0. The van der Waals surface area contributed by atoms with Gasteiger partial charge >= 0.3 is 0 Å². The van der Waals surface area contributed by atoms with E-state index in [4.69, 9.17) is 10.5 Å². The molecule has 0 saturated heterocycles. The van der Waals surface area contributed by atoms with Gasteiger partial charge in [0.05, 0.1) is 0 Å². The predicted octanol–water partition coefficient (Wildman–Crippen LogP) is 1.17. The molecule has 19 heavy (non-hydrogen) atoms. The van der Waals surface area contributed by atoms with E-state index in [1.807, 2.05) is 13.8 Å². The quantitative estimate of drug-likeness (QED) is 0.243. The first-order valence-corrected chi connectivity index (χ1v) is 5.47. The molecular formula is C12H22CoN2O4. The molecule has 7 heteroatoms. The van der Waals surface area contributed by atoms with Crippen molar-refractivity contribution in [1.82, 2.24) is 10.6 Å². The third-order valence-corrected chi connectivity index (χ3v) is 1.77. The van der Waals surface area contributed by atoms with E-state index in [9.17, 15) is 9.59 Å². The van der Waals surface area contributed by atoms with Crippen LogP contribution < -0.4 is 10.6 Å². The zero-order chi connectivity index (χ0) is 14.6. The summed E-state index contributed by atoms with van der Waals surface area (Å²) in [4.78, 5) is 21.5. The first-order valence-electron chi connectivity index (χ1n) is 5.47. The van der Waals surface area contributed by atoms with E-state index in [0.29, 0.717) is 13.1 Å². The van der Waals surface area contributed by atoms with Crippen LogP contribution in [0.25, 0.3) is 0 Å². The minimum absolute atomic E-state index is 0. The SMILES string of the molecule is CC(=O)/C=C(/C)NCCN/C(C)=C\C(C)=O.OO.[Co]. The summed E-state index contributed by atoms with van der Waals surface area (Å²) in [5, 5.41) is 18.2. The normalized spacial score (nSPS) is 10.6. The first-order chi connectivity index (χ1) is 8.41. The Hall–Kier alpha value is -1.15. The second-order valence-electron chi connectivity index (χ2n) is 3.73. The fourth-order valence-corrected chi connectivity index (χ4v) is 1.23. The molecule has 0 atom stereocenters. The van der Waals surface area contributed by atoms with Gasteiger partial charge < -0.3 is 10.6 Å². The van der Waals surface area contributed by atoms with Crippen LogP contribution in [0.3, 0.4) is 0 Å². The van der Waals surface area contributed by atoms with E-state index in [1.54, 1.807) is 12.2 Å². The largest absolute Gasteiger partial charge is 0.387 e. The van der Waals surface area contributed by atoms with Crippen molar-refractivity contribution >= 4 is 11.6 Å². The Labute approximate surface area is 124 Å². The molecule has 0 aliphatic carbocycles. The third kappa shape index (κ3) is 19.4. The second-order valence-corrected chi connectivity index (χ2v) is 3.73. The van der Waals surface area contributed by atoms with E-state index in [-0.39, 0.29) is 28.3 Å². The molecule has 0 heterocycles. The van der Waals surface area contributed by atoms with Crippen LogP contribution in [0.1, 0.15) is 27.7 Å². The monoisotopic (exact) mass is 317 g/mol. The molecule has 0 spiro atoms. The van der Waals surface area contributed by atoms with Gasteiger partial charge in [-0.25, -0.2) is 0 Å². The second kappa shape index (κ2) is 14.9. The van der Waals surface area contributed by atoms with Gasteiger partial charge in [0.2, 0.25) is 0 Å². The zero-order valence-electron chi connectivity index (χ0n) is 11.6. The Morgan fingerprint density at radius 3 is 1.32 bits per heavy atom. The number of carbonyl (C=O) groups is 2. The van der Waals surface area contributed by atoms with Gasteiger partial charge in [-0.05, 0) is 39.8 Å². The van der Waals surface area contributed by atoms with Gasteiger partial charge in [0.15, 0.2) is 11.6 Å². The number of allylic oxidation sites excluding steroid dienone is 4. The van der Waals surface area contributed by atoms with Crippen LogP contribution >= 0.6 is 0 Å². The molecule has 0 saturated carbocycles. The molecule has 0 rings (SSSR count). The number of rotatable bonds is 7. The van der Waals surface area contributed by atoms with Gasteiger partial charge in [-0.2, -0.15) is 0 Å². The van der Waals surface area contributed by atoms with Crippen molar-refractivity contribution in [1.29, 1.82) is 0 Å². The van der Waals surface area contributed by atoms with Gasteiger partial charge in [0.25, 0.3) is 0 Å². The van der Waals surface area contributed by atoms with Gasteiger partial charge in [-0.3, -0.25) is 20.1 Å². The first kappa shape index (κ1) is 23.0. The molecule has 6 nitrogen and oxygen atoms in total. The standard InChI is InChI=1S/C12H20N2O2.Co.H2O2/c1-9(7-11(3)15)13-5-6-14-10(2)8-12(4)16;;1-2/h7-8,13-14H,5-6H2,1-4H3;;1-2H/b9-7-,10-8-;;. The number of carbonyl (C=O) groups excluding carboxylic acids is 2. The molecule has 0 aliphatic heterocycles. The molecule has 1 radical (unpaired) electrons. The van der Waals surface area contributed by atoms with Crippen molar-refractivity contribution in [2.24, 2.45) is 0 Å². The Morgan fingerprint density at radius 1 is 0.842 bits per heavy atom. The van der Waals surface area contributed by atoms with Gasteiger partial charge in [0.1, 0.15) is 0 Å². The van der Waals surface area contributed by atoms with Crippen molar-refractivity contribution in [3.8, 4) is 0 Å². The Bertz CT molecular complexity index is 296. The molecule has 0 unspecified atom stereocenters. The van der Waals surface area contributed by atoms with Gasteiger partial charge in [0, 0.05) is 41.3 Å². The smallest absolute Gasteiger partial charge is 0.154 e. The maximum atomic E-state index is 10.7. The van der Waals surface area contributed by atoms with E-state index in [1.165, 1.54) is 13.8 Å². The minimum atomic E-state index is 0. The summed E-state index contributed by atoms with van der Waals surface area (Å²) in [6, 6.07) is 0. The number of nitrogens with one attached hydrogen (secondary N) is 2. The summed E-state index contributed by atoms with van der Waals surface area (Å²) in [6.07, 6.45) is 3.11. The number of ketones is 2. The third-order valence-electron chi connectivity index (χ3n) is 1.77. The van der Waals surface area contributed by atoms with Crippen LogP contribution in [0.4, 0.5) is 0 Å². The summed E-state index contributed by atoms with van der Waals surface area (Å²) in [7, 11) is 0. The molecule has 0 aromatic heterocycles. The van der Waals surface area contributed by atoms with Crippen LogP contribution in [-0.4, -0.2) is 35.2 Å². The average molecular weight is 317 g/mol. The van der Waals surface area contributed by atoms with Crippen molar-refractivity contribution in [3.63, 3.8) is 0 Å². The summed E-state index contributed by atoms with van der Waals surface area (Å²) in [5.74, 6) is 0.0660. The van der Waals surface area contributed by atoms with Crippen molar-refractivity contribution in [2.45, 2.75) is 27.7 Å². The molecule has 113 valence electrons. The molecule has 0 bridgehead atoms. The van der Waals surface area contributed by atoms with Crippen molar-refractivity contribution in [3.05, 3.63) is 23.5 Å². The summed E-state index contributed by atoms with van der Waals surface area (Å²) < 4.78 is 0. The summed E-state index contributed by atoms with van der Waals surface area (Å²) in [6.45, 7) is 8.14. The summed E-state index contributed by atoms with van der Waals surface area (Å²) in [5.41, 5.74) is 1.70. The Morgan fingerprint density at radius 2 is 1.11 bits per heavy atom. The van der Waals surface area contributed by atoms with Gasteiger partial charge in [-0.15, -0.1) is 0 Å². The molecule has 4 N–H and O–H groups in total. The number of hydrogen-bond donors (Lipinski definition) is 4. The van der Waals surface area contributed by atoms with Gasteiger partial charge in [-0.1, -0.05) is 0 Å². The molecule has 0 aliphatic rings. The van der Waals surface area contributed by atoms with E-state index < -0.39 is 0 Å². The molecule has 0 fully saturated rings. The minimum Gasteiger partial charge on any atom is -0.387 e. The van der Waals surface area contributed by atoms with Crippen LogP contribution in [0, 0.1) is 0 Å². The van der Waals surface area contributed by atoms with Crippen LogP contribution in [0.2, 0.25) is 0 Å². The predicted molar refractivity (Wildman–Crippen MR) is 70.1 cm³/mol. The maximum absolute atomic E-state index is 10.7. The topological polar surface area (TPSA) is 98.7 Å². The van der Waals surface area contributed by atoms with Crippen LogP contribution in [0.5, 0.6) is 0 Å². The fourth-order valence-electron chi connectivity index (χ4n) is 1.23. The molecular weight excluding hydrogens is 295 g/mol. The van der Waals surface area contributed by atoms with E-state index >= 15 is 0 Å². The number of hydrogen-bond acceptors (Lipinski definition) is 6. The Kier molecular flexibility index (Phi) is 18.0. The fraction of sp³-hybridized carbons (Fsp3) is 0.500. The maximum Gasteiger partial charge on any atom is 0.154 e. The van der Waals surface area contributed by atoms with Crippen LogP contribution in [-0.2, 0) is 26.4 Å². The van der Waals surface area contributed by atoms with Crippen LogP contribution in [0.15, 0.2) is 23.5 Å². The molecule has 0 aromatic rings. The van der Waals surface area contributed by atoms with E-state index in [2.05, 4.69) is 10.6 Å². The van der Waals surface area contributed by atoms with E-state index in [0.717, 1.165) is 11.4 Å². The zero-order valence-corrected chi connectivity index (χ0v) is 12.7. The average Bonchev–Trinajstić information content (AvgIpc) is 2.25. The molecule has 0 amide bonds. The van der Waals surface area contributed by atoms with Crippen molar-refractivity contribution in [2.75, 3.05) is 13.1 Å². The Balaban J connectivity index is -0.000000809. The van der Waals surface area contributed by atoms with Crippen molar-refractivity contribution < 1.29 is 36.9 Å². The molecule has 0 aromatic carbocycles.